The van der Waals surface area contributed by atoms with Gasteiger partial charge in [-0.15, -0.1) is 0 Å². The molecule has 0 aromatic rings. The SMILES string of the molecule is CC1CCCCCC2CC3CCCC13O2. The van der Waals surface area contributed by atoms with E-state index in [1.807, 2.05) is 0 Å². The van der Waals surface area contributed by atoms with Crippen LogP contribution in [0.3, 0.4) is 0 Å². The molecule has 86 valence electrons. The predicted octanol–water partition coefficient (Wildman–Crippen LogP) is 3.91. The smallest absolute Gasteiger partial charge is 0.0740 e. The van der Waals surface area contributed by atoms with E-state index in [0.29, 0.717) is 11.7 Å². The molecule has 15 heavy (non-hydrogen) atoms. The lowest BCUT2D eigenvalue weighted by molar-refractivity contribution is -0.0860. The lowest BCUT2D eigenvalue weighted by Gasteiger charge is -2.35. The third kappa shape index (κ3) is 1.54. The zero-order valence-electron chi connectivity index (χ0n) is 10.0. The van der Waals surface area contributed by atoms with Gasteiger partial charge in [-0.25, -0.2) is 0 Å². The summed E-state index contributed by atoms with van der Waals surface area (Å²) in [4.78, 5) is 0. The van der Waals surface area contributed by atoms with E-state index < -0.39 is 0 Å². The van der Waals surface area contributed by atoms with Gasteiger partial charge in [-0.05, 0) is 43.9 Å². The molecule has 1 aliphatic carbocycles. The van der Waals surface area contributed by atoms with Crippen molar-refractivity contribution >= 4 is 0 Å². The summed E-state index contributed by atoms with van der Waals surface area (Å²) >= 11 is 0. The summed E-state index contributed by atoms with van der Waals surface area (Å²) in [7, 11) is 0. The van der Waals surface area contributed by atoms with Gasteiger partial charge in [-0.3, -0.25) is 0 Å². The summed E-state index contributed by atoms with van der Waals surface area (Å²) in [5.74, 6) is 1.73. The first kappa shape index (κ1) is 10.1. The molecule has 2 heterocycles. The van der Waals surface area contributed by atoms with Crippen LogP contribution in [-0.2, 0) is 4.74 Å². The molecule has 0 amide bonds. The molecule has 0 aromatic carbocycles. The number of fused-ring (bicyclic) bond motifs is 1. The molecule has 1 saturated carbocycles. The van der Waals surface area contributed by atoms with E-state index in [0.717, 1.165) is 11.8 Å². The van der Waals surface area contributed by atoms with Crippen LogP contribution in [0.5, 0.6) is 0 Å². The largest absolute Gasteiger partial charge is 0.371 e. The Bertz CT molecular complexity index is 237. The molecule has 3 fully saturated rings. The Balaban J connectivity index is 1.85. The highest BCUT2D eigenvalue weighted by Gasteiger charge is 2.53. The minimum atomic E-state index is 0.328. The Morgan fingerprint density at radius 3 is 2.80 bits per heavy atom. The molecule has 2 aliphatic heterocycles. The van der Waals surface area contributed by atoms with E-state index in [2.05, 4.69) is 6.92 Å². The molecule has 4 atom stereocenters. The summed E-state index contributed by atoms with van der Waals surface area (Å²) in [6.07, 6.45) is 13.2. The van der Waals surface area contributed by atoms with Gasteiger partial charge in [0.2, 0.25) is 0 Å². The van der Waals surface area contributed by atoms with Crippen molar-refractivity contribution in [3.05, 3.63) is 0 Å². The Morgan fingerprint density at radius 1 is 1.00 bits per heavy atom. The minimum absolute atomic E-state index is 0.328. The first-order valence-electron chi connectivity index (χ1n) is 6.99. The monoisotopic (exact) mass is 208 g/mol. The van der Waals surface area contributed by atoms with Gasteiger partial charge in [-0.2, -0.15) is 0 Å². The normalized spacial score (nSPS) is 50.6. The van der Waals surface area contributed by atoms with Crippen molar-refractivity contribution in [2.75, 3.05) is 0 Å². The van der Waals surface area contributed by atoms with Crippen LogP contribution in [0, 0.1) is 11.8 Å². The topological polar surface area (TPSA) is 9.23 Å². The lowest BCUT2D eigenvalue weighted by atomic mass is 9.77. The van der Waals surface area contributed by atoms with E-state index in [1.165, 1.54) is 57.8 Å². The van der Waals surface area contributed by atoms with Crippen LogP contribution in [0.15, 0.2) is 0 Å². The van der Waals surface area contributed by atoms with Gasteiger partial charge in [0.05, 0.1) is 11.7 Å². The van der Waals surface area contributed by atoms with E-state index in [4.69, 9.17) is 4.74 Å². The highest BCUT2D eigenvalue weighted by Crippen LogP contribution is 2.54. The second-order valence-corrected chi connectivity index (χ2v) is 6.06. The molecule has 2 bridgehead atoms. The molecule has 3 aliphatic rings. The summed E-state index contributed by atoms with van der Waals surface area (Å²) in [5, 5.41) is 0. The highest BCUT2D eigenvalue weighted by atomic mass is 16.5. The molecule has 0 N–H and O–H groups in total. The maximum Gasteiger partial charge on any atom is 0.0740 e. The Hall–Kier alpha value is -0.0400. The third-order valence-electron chi connectivity index (χ3n) is 5.24. The van der Waals surface area contributed by atoms with Crippen LogP contribution in [-0.4, -0.2) is 11.7 Å². The first-order valence-corrected chi connectivity index (χ1v) is 6.99. The van der Waals surface area contributed by atoms with Gasteiger partial charge in [0.15, 0.2) is 0 Å². The summed E-state index contributed by atoms with van der Waals surface area (Å²) in [6, 6.07) is 0. The number of ether oxygens (including phenoxy) is 1. The summed E-state index contributed by atoms with van der Waals surface area (Å²) < 4.78 is 6.51. The quantitative estimate of drug-likeness (QED) is 0.586. The highest BCUT2D eigenvalue weighted by molar-refractivity contribution is 5.03. The second kappa shape index (κ2) is 3.76. The summed E-state index contributed by atoms with van der Waals surface area (Å²) in [6.45, 7) is 2.45. The van der Waals surface area contributed by atoms with Gasteiger partial charge >= 0.3 is 0 Å². The molecular formula is C14H24O. The maximum absolute atomic E-state index is 6.51. The van der Waals surface area contributed by atoms with Crippen molar-refractivity contribution in [3.63, 3.8) is 0 Å². The second-order valence-electron chi connectivity index (χ2n) is 6.06. The van der Waals surface area contributed by atoms with Crippen molar-refractivity contribution in [3.8, 4) is 0 Å². The standard InChI is InChI=1S/C14H24O/c1-11-6-3-2-4-8-13-10-12-7-5-9-14(11,12)15-13/h11-13H,2-10H2,1H3. The van der Waals surface area contributed by atoms with Gasteiger partial charge in [-0.1, -0.05) is 32.6 Å². The first-order chi connectivity index (χ1) is 7.31. The van der Waals surface area contributed by atoms with E-state index in [-0.39, 0.29) is 0 Å². The van der Waals surface area contributed by atoms with Crippen molar-refractivity contribution in [1.82, 2.24) is 0 Å². The third-order valence-corrected chi connectivity index (χ3v) is 5.24. The van der Waals surface area contributed by atoms with Crippen LogP contribution in [0.2, 0.25) is 0 Å². The molecular weight excluding hydrogens is 184 g/mol. The van der Waals surface area contributed by atoms with Crippen LogP contribution in [0.4, 0.5) is 0 Å². The molecule has 0 aromatic heterocycles. The van der Waals surface area contributed by atoms with E-state index in [9.17, 15) is 0 Å². The lowest BCUT2D eigenvalue weighted by Crippen LogP contribution is -2.38. The maximum atomic E-state index is 6.51. The van der Waals surface area contributed by atoms with E-state index in [1.54, 1.807) is 0 Å². The van der Waals surface area contributed by atoms with Gasteiger partial charge in [0.1, 0.15) is 0 Å². The van der Waals surface area contributed by atoms with Gasteiger partial charge in [0, 0.05) is 0 Å². The zero-order valence-corrected chi connectivity index (χ0v) is 10.0. The average Bonchev–Trinajstić information content (AvgIpc) is 2.74. The number of hydrogen-bond donors (Lipinski definition) is 0. The van der Waals surface area contributed by atoms with Crippen LogP contribution >= 0.6 is 0 Å². The molecule has 1 nitrogen and oxygen atoms in total. The van der Waals surface area contributed by atoms with Gasteiger partial charge < -0.3 is 4.74 Å². The minimum Gasteiger partial charge on any atom is -0.371 e. The average molecular weight is 208 g/mol. The zero-order chi connectivity index (χ0) is 10.3. The molecule has 1 spiro atoms. The molecule has 1 heteroatoms. The fourth-order valence-corrected chi connectivity index (χ4v) is 4.41. The molecule has 3 rings (SSSR count). The Morgan fingerprint density at radius 2 is 1.87 bits per heavy atom. The summed E-state index contributed by atoms with van der Waals surface area (Å²) in [5.41, 5.74) is 0.328. The predicted molar refractivity (Wildman–Crippen MR) is 61.8 cm³/mol. The molecule has 0 radical (unpaired) electrons. The molecule has 4 unspecified atom stereocenters. The van der Waals surface area contributed by atoms with Crippen LogP contribution in [0.1, 0.15) is 64.7 Å². The number of hydrogen-bond acceptors (Lipinski definition) is 1. The van der Waals surface area contributed by atoms with Crippen LogP contribution in [0.25, 0.3) is 0 Å². The Labute approximate surface area is 93.6 Å². The Kier molecular flexibility index (Phi) is 2.54. The van der Waals surface area contributed by atoms with E-state index >= 15 is 0 Å². The number of rotatable bonds is 0. The van der Waals surface area contributed by atoms with Crippen molar-refractivity contribution in [2.45, 2.75) is 76.4 Å². The van der Waals surface area contributed by atoms with Crippen molar-refractivity contribution in [2.24, 2.45) is 11.8 Å². The fraction of sp³-hybridized carbons (Fsp3) is 1.00. The van der Waals surface area contributed by atoms with Crippen molar-refractivity contribution < 1.29 is 4.74 Å². The van der Waals surface area contributed by atoms with Crippen LogP contribution < -0.4 is 0 Å². The van der Waals surface area contributed by atoms with Crippen molar-refractivity contribution in [1.29, 1.82) is 0 Å². The van der Waals surface area contributed by atoms with Gasteiger partial charge in [0.25, 0.3) is 0 Å². The molecule has 2 saturated heterocycles. The fourth-order valence-electron chi connectivity index (χ4n) is 4.41.